The Bertz CT molecular complexity index is 872. The molecule has 3 aromatic rings. The smallest absolute Gasteiger partial charge is 0.196 e. The van der Waals surface area contributed by atoms with Gasteiger partial charge < -0.3 is 10.6 Å². The van der Waals surface area contributed by atoms with Crippen LogP contribution in [0.3, 0.4) is 0 Å². The molecule has 0 radical (unpaired) electrons. The predicted molar refractivity (Wildman–Crippen MR) is 94.9 cm³/mol. The molecule has 0 saturated carbocycles. The molecule has 1 heterocycles. The molecule has 1 aromatic heterocycles. The lowest BCUT2D eigenvalue weighted by molar-refractivity contribution is 0.449. The molecular weight excluding hydrogens is 341 g/mol. The van der Waals surface area contributed by atoms with Crippen molar-refractivity contribution in [2.45, 2.75) is 12.8 Å². The fourth-order valence-electron chi connectivity index (χ4n) is 2.44. The van der Waals surface area contributed by atoms with E-state index in [4.69, 9.17) is 0 Å². The molecule has 0 aliphatic rings. The molecule has 0 saturated heterocycles. The minimum Gasteiger partial charge on any atom is -0.370 e. The van der Waals surface area contributed by atoms with Gasteiger partial charge >= 0.3 is 0 Å². The Kier molecular flexibility index (Phi) is 5.68. The summed E-state index contributed by atoms with van der Waals surface area (Å²) in [5.74, 6) is -3.23. The Hall–Kier alpha value is -3.09. The standard InChI is InChI=1S/C19H17F3N4/c20-14-8-9-15(19(22)18(14)21)26-17-11-16(24-12-25-17)23-10-4-7-13-5-2-1-3-6-13/h1-3,5-6,8-9,11-12H,4,7,10H2,(H2,23,24,25,26). The number of nitrogens with zero attached hydrogens (tertiary/aromatic N) is 2. The second-order valence-corrected chi connectivity index (χ2v) is 5.65. The van der Waals surface area contributed by atoms with Gasteiger partial charge in [0.1, 0.15) is 18.0 Å². The van der Waals surface area contributed by atoms with Crippen molar-refractivity contribution >= 4 is 17.3 Å². The molecule has 0 bridgehead atoms. The summed E-state index contributed by atoms with van der Waals surface area (Å²) in [4.78, 5) is 8.05. The Morgan fingerprint density at radius 3 is 2.42 bits per heavy atom. The number of hydrogen-bond acceptors (Lipinski definition) is 4. The molecule has 134 valence electrons. The third-order valence-electron chi connectivity index (χ3n) is 3.76. The van der Waals surface area contributed by atoms with Crippen LogP contribution in [0.1, 0.15) is 12.0 Å². The quantitative estimate of drug-likeness (QED) is 0.475. The zero-order chi connectivity index (χ0) is 18.4. The Labute approximate surface area is 149 Å². The molecule has 0 amide bonds. The van der Waals surface area contributed by atoms with Gasteiger partial charge in [-0.2, -0.15) is 0 Å². The Balaban J connectivity index is 1.57. The third kappa shape index (κ3) is 4.50. The molecule has 0 fully saturated rings. The van der Waals surface area contributed by atoms with E-state index >= 15 is 0 Å². The topological polar surface area (TPSA) is 49.8 Å². The van der Waals surface area contributed by atoms with E-state index in [0.29, 0.717) is 12.4 Å². The predicted octanol–water partition coefficient (Wildman–Crippen LogP) is 4.68. The summed E-state index contributed by atoms with van der Waals surface area (Å²) in [5.41, 5.74) is 1.06. The maximum Gasteiger partial charge on any atom is 0.196 e. The summed E-state index contributed by atoms with van der Waals surface area (Å²) in [6.45, 7) is 0.699. The summed E-state index contributed by atoms with van der Waals surface area (Å²) in [6, 6.07) is 13.7. The molecule has 3 rings (SSSR count). The van der Waals surface area contributed by atoms with E-state index in [1.807, 2.05) is 18.2 Å². The summed E-state index contributed by atoms with van der Waals surface area (Å²) >= 11 is 0. The van der Waals surface area contributed by atoms with Gasteiger partial charge in [0, 0.05) is 12.6 Å². The van der Waals surface area contributed by atoms with Gasteiger partial charge in [-0.3, -0.25) is 0 Å². The van der Waals surface area contributed by atoms with Crippen molar-refractivity contribution in [3.05, 3.63) is 77.9 Å². The van der Waals surface area contributed by atoms with Gasteiger partial charge in [0.2, 0.25) is 0 Å². The molecule has 0 spiro atoms. The molecular formula is C19H17F3N4. The average molecular weight is 358 g/mol. The van der Waals surface area contributed by atoms with Crippen molar-refractivity contribution in [2.75, 3.05) is 17.2 Å². The van der Waals surface area contributed by atoms with Crippen molar-refractivity contribution in [1.82, 2.24) is 9.97 Å². The van der Waals surface area contributed by atoms with Crippen molar-refractivity contribution in [1.29, 1.82) is 0 Å². The van der Waals surface area contributed by atoms with Crippen LogP contribution in [-0.4, -0.2) is 16.5 Å². The largest absolute Gasteiger partial charge is 0.370 e. The fraction of sp³-hybridized carbons (Fsp3) is 0.158. The lowest BCUT2D eigenvalue weighted by Gasteiger charge is -2.10. The van der Waals surface area contributed by atoms with Crippen molar-refractivity contribution < 1.29 is 13.2 Å². The first-order chi connectivity index (χ1) is 12.6. The van der Waals surface area contributed by atoms with E-state index in [-0.39, 0.29) is 11.5 Å². The van der Waals surface area contributed by atoms with Crippen LogP contribution in [0.25, 0.3) is 0 Å². The number of rotatable bonds is 7. The number of hydrogen-bond donors (Lipinski definition) is 2. The maximum atomic E-state index is 13.7. The van der Waals surface area contributed by atoms with Crippen LogP contribution in [-0.2, 0) is 6.42 Å². The third-order valence-corrected chi connectivity index (χ3v) is 3.76. The Morgan fingerprint density at radius 1 is 0.846 bits per heavy atom. The molecule has 2 aromatic carbocycles. The van der Waals surface area contributed by atoms with E-state index in [1.165, 1.54) is 11.9 Å². The second-order valence-electron chi connectivity index (χ2n) is 5.65. The van der Waals surface area contributed by atoms with Crippen molar-refractivity contribution in [2.24, 2.45) is 0 Å². The van der Waals surface area contributed by atoms with Crippen LogP contribution >= 0.6 is 0 Å². The number of benzene rings is 2. The molecule has 0 atom stereocenters. The van der Waals surface area contributed by atoms with Gasteiger partial charge in [-0.05, 0) is 30.5 Å². The van der Waals surface area contributed by atoms with E-state index in [9.17, 15) is 13.2 Å². The van der Waals surface area contributed by atoms with Crippen LogP contribution in [0, 0.1) is 17.5 Å². The van der Waals surface area contributed by atoms with Crippen LogP contribution in [0.2, 0.25) is 0 Å². The first-order valence-corrected chi connectivity index (χ1v) is 8.14. The summed E-state index contributed by atoms with van der Waals surface area (Å²) < 4.78 is 40.0. The zero-order valence-electron chi connectivity index (χ0n) is 13.8. The maximum absolute atomic E-state index is 13.7. The van der Waals surface area contributed by atoms with Gasteiger partial charge in [0.15, 0.2) is 17.5 Å². The number of aromatic nitrogens is 2. The van der Waals surface area contributed by atoms with E-state index in [1.54, 1.807) is 6.07 Å². The lowest BCUT2D eigenvalue weighted by atomic mass is 10.1. The molecule has 2 N–H and O–H groups in total. The highest BCUT2D eigenvalue weighted by Gasteiger charge is 2.13. The summed E-state index contributed by atoms with van der Waals surface area (Å²) in [6.07, 6.45) is 3.15. The highest BCUT2D eigenvalue weighted by atomic mass is 19.2. The average Bonchev–Trinajstić information content (AvgIpc) is 2.67. The molecule has 4 nitrogen and oxygen atoms in total. The zero-order valence-corrected chi connectivity index (χ0v) is 13.8. The lowest BCUT2D eigenvalue weighted by Crippen LogP contribution is -2.06. The van der Waals surface area contributed by atoms with Gasteiger partial charge in [-0.1, -0.05) is 30.3 Å². The first-order valence-electron chi connectivity index (χ1n) is 8.14. The highest BCUT2D eigenvalue weighted by molar-refractivity contribution is 5.59. The normalized spacial score (nSPS) is 10.6. The minimum absolute atomic E-state index is 0.197. The van der Waals surface area contributed by atoms with Gasteiger partial charge in [-0.25, -0.2) is 23.1 Å². The van der Waals surface area contributed by atoms with Crippen LogP contribution in [0.5, 0.6) is 0 Å². The fourth-order valence-corrected chi connectivity index (χ4v) is 2.44. The summed E-state index contributed by atoms with van der Waals surface area (Å²) in [7, 11) is 0. The number of nitrogens with one attached hydrogen (secondary N) is 2. The van der Waals surface area contributed by atoms with Gasteiger partial charge in [0.05, 0.1) is 5.69 Å². The van der Waals surface area contributed by atoms with Crippen LogP contribution in [0.15, 0.2) is 54.9 Å². The van der Waals surface area contributed by atoms with E-state index in [0.717, 1.165) is 25.0 Å². The molecule has 0 aliphatic heterocycles. The van der Waals surface area contributed by atoms with Crippen LogP contribution < -0.4 is 10.6 Å². The number of aryl methyl sites for hydroxylation is 1. The van der Waals surface area contributed by atoms with Crippen LogP contribution in [0.4, 0.5) is 30.5 Å². The second kappa shape index (κ2) is 8.33. The van der Waals surface area contributed by atoms with Crippen molar-refractivity contribution in [3.63, 3.8) is 0 Å². The number of anilines is 3. The van der Waals surface area contributed by atoms with Gasteiger partial charge in [-0.15, -0.1) is 0 Å². The SMILES string of the molecule is Fc1ccc(Nc2cc(NCCCc3ccccc3)ncn2)c(F)c1F. The number of halogens is 3. The Morgan fingerprint density at radius 2 is 1.62 bits per heavy atom. The molecule has 0 aliphatic carbocycles. The first kappa shape index (κ1) is 17.7. The monoisotopic (exact) mass is 358 g/mol. The summed E-state index contributed by atoms with van der Waals surface area (Å²) in [5, 5.41) is 5.78. The van der Waals surface area contributed by atoms with Crippen molar-refractivity contribution in [3.8, 4) is 0 Å². The van der Waals surface area contributed by atoms with E-state index in [2.05, 4.69) is 32.7 Å². The van der Waals surface area contributed by atoms with Gasteiger partial charge in [0.25, 0.3) is 0 Å². The van der Waals surface area contributed by atoms with E-state index < -0.39 is 17.5 Å². The molecule has 7 heteroatoms. The minimum atomic E-state index is -1.52. The highest BCUT2D eigenvalue weighted by Crippen LogP contribution is 2.23. The molecule has 0 unspecified atom stereocenters. The molecule has 26 heavy (non-hydrogen) atoms.